The summed E-state index contributed by atoms with van der Waals surface area (Å²) in [7, 11) is 0. The molecule has 0 aromatic carbocycles. The minimum Gasteiger partial charge on any atom is -0.465 e. The van der Waals surface area contributed by atoms with Crippen LogP contribution >= 0.6 is 0 Å². The number of carbonyl (C=O) groups excluding carboxylic acids is 1. The van der Waals surface area contributed by atoms with Gasteiger partial charge in [-0.1, -0.05) is 69.1 Å². The fourth-order valence-electron chi connectivity index (χ4n) is 2.28. The summed E-state index contributed by atoms with van der Waals surface area (Å²) in [5, 5.41) is 0. The van der Waals surface area contributed by atoms with Gasteiger partial charge in [-0.25, -0.2) is 0 Å². The van der Waals surface area contributed by atoms with E-state index in [-0.39, 0.29) is 11.4 Å². The third-order valence-corrected chi connectivity index (χ3v) is 3.89. The summed E-state index contributed by atoms with van der Waals surface area (Å²) in [6, 6.07) is 0. The van der Waals surface area contributed by atoms with E-state index in [1.807, 2.05) is 20.8 Å². The van der Waals surface area contributed by atoms with Gasteiger partial charge in [-0.2, -0.15) is 0 Å². The molecule has 0 aliphatic rings. The molecule has 0 aliphatic carbocycles. The molecule has 0 aromatic heterocycles. The average Bonchev–Trinajstić information content (AvgIpc) is 2.56. The maximum absolute atomic E-state index is 11.6. The molecule has 144 valence electrons. The number of ether oxygens (including phenoxy) is 1. The maximum Gasteiger partial charge on any atom is 0.311 e. The lowest BCUT2D eigenvalue weighted by atomic mass is 9.97. The van der Waals surface area contributed by atoms with Crippen molar-refractivity contribution in [3.8, 4) is 0 Å². The average molecular weight is 349 g/mol. The van der Waals surface area contributed by atoms with Crippen LogP contribution in [0.2, 0.25) is 0 Å². The molecule has 0 unspecified atom stereocenters. The predicted molar refractivity (Wildman–Crippen MR) is 110 cm³/mol. The minimum atomic E-state index is -0.380. The SMILES string of the molecule is CC/C=C/C/C=C/C/C=C/CCCCCCCCOC(=O)C(C)(C)C. The van der Waals surface area contributed by atoms with Crippen molar-refractivity contribution in [2.45, 2.75) is 91.9 Å². The maximum atomic E-state index is 11.6. The van der Waals surface area contributed by atoms with Crippen LogP contribution in [0.3, 0.4) is 0 Å². The highest BCUT2D eigenvalue weighted by Crippen LogP contribution is 2.15. The molecule has 0 bridgehead atoms. The number of hydrogen-bond acceptors (Lipinski definition) is 2. The number of rotatable bonds is 14. The zero-order valence-electron chi connectivity index (χ0n) is 17.1. The molecule has 0 N–H and O–H groups in total. The Morgan fingerprint density at radius 2 is 1.28 bits per heavy atom. The fraction of sp³-hybridized carbons (Fsp3) is 0.696. The van der Waals surface area contributed by atoms with Crippen molar-refractivity contribution < 1.29 is 9.53 Å². The molecule has 0 saturated heterocycles. The first-order valence-electron chi connectivity index (χ1n) is 10.1. The summed E-state index contributed by atoms with van der Waals surface area (Å²) in [4.78, 5) is 11.6. The van der Waals surface area contributed by atoms with Crippen LogP contribution in [0.5, 0.6) is 0 Å². The molecule has 0 radical (unpaired) electrons. The van der Waals surface area contributed by atoms with Crippen molar-refractivity contribution >= 4 is 5.97 Å². The van der Waals surface area contributed by atoms with Crippen LogP contribution in [0.15, 0.2) is 36.5 Å². The van der Waals surface area contributed by atoms with Crippen LogP contribution < -0.4 is 0 Å². The predicted octanol–water partition coefficient (Wildman–Crippen LogP) is 7.17. The summed E-state index contributed by atoms with van der Waals surface area (Å²) in [5.41, 5.74) is -0.380. The van der Waals surface area contributed by atoms with E-state index in [1.54, 1.807) is 0 Å². The van der Waals surface area contributed by atoms with E-state index in [0.29, 0.717) is 6.61 Å². The number of hydrogen-bond donors (Lipinski definition) is 0. The van der Waals surface area contributed by atoms with Crippen molar-refractivity contribution in [1.82, 2.24) is 0 Å². The Morgan fingerprint density at radius 1 is 0.760 bits per heavy atom. The second kappa shape index (κ2) is 16.2. The van der Waals surface area contributed by atoms with Crippen molar-refractivity contribution in [3.63, 3.8) is 0 Å². The summed E-state index contributed by atoms with van der Waals surface area (Å²) >= 11 is 0. The molecular weight excluding hydrogens is 308 g/mol. The molecule has 0 saturated carbocycles. The van der Waals surface area contributed by atoms with Crippen molar-refractivity contribution in [2.75, 3.05) is 6.61 Å². The molecule has 0 spiro atoms. The van der Waals surface area contributed by atoms with Crippen LogP contribution in [-0.4, -0.2) is 12.6 Å². The van der Waals surface area contributed by atoms with E-state index in [1.165, 1.54) is 32.1 Å². The standard InChI is InChI=1S/C23H40O2/c1-5-6-7-8-9-10-11-12-13-14-15-16-17-18-19-20-21-25-22(24)23(2,3)4/h6-7,9-10,12-13H,5,8,11,14-21H2,1-4H3/b7-6+,10-9+,13-12+. The van der Waals surface area contributed by atoms with E-state index in [4.69, 9.17) is 4.74 Å². The smallest absolute Gasteiger partial charge is 0.311 e. The molecule has 0 rings (SSSR count). The molecule has 25 heavy (non-hydrogen) atoms. The van der Waals surface area contributed by atoms with Crippen molar-refractivity contribution in [1.29, 1.82) is 0 Å². The van der Waals surface area contributed by atoms with Gasteiger partial charge in [-0.15, -0.1) is 0 Å². The molecule has 0 amide bonds. The van der Waals surface area contributed by atoms with E-state index in [2.05, 4.69) is 43.4 Å². The lowest BCUT2D eigenvalue weighted by Crippen LogP contribution is -2.23. The molecule has 0 heterocycles. The summed E-state index contributed by atoms with van der Waals surface area (Å²) in [5.74, 6) is -0.0912. The Hall–Kier alpha value is -1.31. The normalized spacial score (nSPS) is 12.6. The highest BCUT2D eigenvalue weighted by atomic mass is 16.5. The minimum absolute atomic E-state index is 0.0912. The third kappa shape index (κ3) is 17.3. The summed E-state index contributed by atoms with van der Waals surface area (Å²) < 4.78 is 5.27. The number of esters is 1. The van der Waals surface area contributed by atoms with Gasteiger partial charge in [0.05, 0.1) is 12.0 Å². The quantitative estimate of drug-likeness (QED) is 0.189. The Balaban J connectivity index is 3.32. The Bertz CT molecular complexity index is 397. The van der Waals surface area contributed by atoms with Gasteiger partial charge in [0.25, 0.3) is 0 Å². The highest BCUT2D eigenvalue weighted by Gasteiger charge is 2.22. The van der Waals surface area contributed by atoms with Crippen molar-refractivity contribution in [3.05, 3.63) is 36.5 Å². The first-order valence-corrected chi connectivity index (χ1v) is 10.1. The fourth-order valence-corrected chi connectivity index (χ4v) is 2.28. The molecular formula is C23H40O2. The lowest BCUT2D eigenvalue weighted by Gasteiger charge is -2.16. The summed E-state index contributed by atoms with van der Waals surface area (Å²) in [6.07, 6.45) is 25.1. The number of carbonyl (C=O) groups is 1. The Morgan fingerprint density at radius 3 is 1.88 bits per heavy atom. The molecule has 2 nitrogen and oxygen atoms in total. The molecule has 0 aliphatic heterocycles. The van der Waals surface area contributed by atoms with Crippen molar-refractivity contribution in [2.24, 2.45) is 5.41 Å². The Labute approximate surface area is 156 Å². The second-order valence-electron chi connectivity index (χ2n) is 7.59. The molecule has 0 aromatic rings. The second-order valence-corrected chi connectivity index (χ2v) is 7.59. The monoisotopic (exact) mass is 348 g/mol. The van der Waals surface area contributed by atoms with Gasteiger partial charge in [0.1, 0.15) is 0 Å². The zero-order valence-corrected chi connectivity index (χ0v) is 17.1. The van der Waals surface area contributed by atoms with Gasteiger partial charge in [0.2, 0.25) is 0 Å². The first kappa shape index (κ1) is 23.7. The van der Waals surface area contributed by atoms with Crippen LogP contribution in [0.4, 0.5) is 0 Å². The molecule has 0 fully saturated rings. The van der Waals surface area contributed by atoms with Gasteiger partial charge in [0.15, 0.2) is 0 Å². The van der Waals surface area contributed by atoms with Gasteiger partial charge < -0.3 is 4.74 Å². The van der Waals surface area contributed by atoms with Gasteiger partial charge in [-0.3, -0.25) is 4.79 Å². The zero-order chi connectivity index (χ0) is 18.8. The van der Waals surface area contributed by atoms with E-state index in [9.17, 15) is 4.79 Å². The number of unbranched alkanes of at least 4 members (excludes halogenated alkanes) is 6. The van der Waals surface area contributed by atoms with Crippen LogP contribution in [0.25, 0.3) is 0 Å². The topological polar surface area (TPSA) is 26.3 Å². The Kier molecular flexibility index (Phi) is 15.3. The summed E-state index contributed by atoms with van der Waals surface area (Å²) in [6.45, 7) is 8.41. The van der Waals surface area contributed by atoms with Gasteiger partial charge in [0, 0.05) is 0 Å². The molecule has 2 heteroatoms. The lowest BCUT2D eigenvalue weighted by molar-refractivity contribution is -0.153. The van der Waals surface area contributed by atoms with Gasteiger partial charge in [-0.05, 0) is 59.3 Å². The van der Waals surface area contributed by atoms with E-state index in [0.717, 1.165) is 32.1 Å². The van der Waals surface area contributed by atoms with E-state index >= 15 is 0 Å². The van der Waals surface area contributed by atoms with E-state index < -0.39 is 0 Å². The highest BCUT2D eigenvalue weighted by molar-refractivity contribution is 5.75. The first-order chi connectivity index (χ1) is 12.0. The number of allylic oxidation sites excluding steroid dienone is 6. The van der Waals surface area contributed by atoms with Crippen LogP contribution in [-0.2, 0) is 9.53 Å². The van der Waals surface area contributed by atoms with Gasteiger partial charge >= 0.3 is 5.97 Å². The van der Waals surface area contributed by atoms with Crippen LogP contribution in [0, 0.1) is 5.41 Å². The third-order valence-electron chi connectivity index (χ3n) is 3.89. The largest absolute Gasteiger partial charge is 0.465 e. The molecule has 0 atom stereocenters. The van der Waals surface area contributed by atoms with Crippen LogP contribution in [0.1, 0.15) is 91.9 Å².